The van der Waals surface area contributed by atoms with Crippen molar-refractivity contribution in [1.82, 2.24) is 4.40 Å². The molecule has 0 aliphatic carbocycles. The van der Waals surface area contributed by atoms with Crippen molar-refractivity contribution in [3.05, 3.63) is 107 Å². The lowest BCUT2D eigenvalue weighted by Gasteiger charge is -2.16. The molecule has 0 spiro atoms. The Morgan fingerprint density at radius 1 is 0.842 bits per heavy atom. The average molecular weight is 493 g/mol. The van der Waals surface area contributed by atoms with Crippen LogP contribution in [0, 0.1) is 20.4 Å². The summed E-state index contributed by atoms with van der Waals surface area (Å²) in [5.74, 6) is 0. The minimum Gasteiger partial charge on any atom is -0.311 e. The van der Waals surface area contributed by atoms with E-state index < -0.39 is 5.54 Å². The van der Waals surface area contributed by atoms with E-state index in [9.17, 15) is 0 Å². The van der Waals surface area contributed by atoms with Crippen LogP contribution in [0.4, 0.5) is 0 Å². The highest BCUT2D eigenvalue weighted by Crippen LogP contribution is 2.43. The van der Waals surface area contributed by atoms with Crippen LogP contribution >= 0.6 is 0 Å². The van der Waals surface area contributed by atoms with Crippen molar-refractivity contribution in [2.75, 3.05) is 0 Å². The molecule has 0 unspecified atom stereocenters. The van der Waals surface area contributed by atoms with Gasteiger partial charge in [0.05, 0.1) is 33.7 Å². The Morgan fingerprint density at radius 2 is 1.63 bits per heavy atom. The summed E-state index contributed by atoms with van der Waals surface area (Å²) < 4.78 is 4.78. The van der Waals surface area contributed by atoms with Crippen LogP contribution in [0.3, 0.4) is 0 Å². The molecular formula is C35H30N3+. The van der Waals surface area contributed by atoms with Gasteiger partial charge in [-0.2, -0.15) is 0 Å². The van der Waals surface area contributed by atoms with Crippen LogP contribution in [-0.2, 0) is 13.5 Å². The lowest BCUT2D eigenvalue weighted by molar-refractivity contribution is -0.643. The van der Waals surface area contributed by atoms with Gasteiger partial charge in [0.15, 0.2) is 6.20 Å². The van der Waals surface area contributed by atoms with E-state index in [0.717, 1.165) is 6.42 Å². The zero-order chi connectivity index (χ0) is 26.3. The molecule has 184 valence electrons. The maximum atomic E-state index is 7.71. The molecule has 0 N–H and O–H groups in total. The second-order valence-electron chi connectivity index (χ2n) is 11.5. The van der Waals surface area contributed by atoms with E-state index in [1.165, 1.54) is 76.8 Å². The number of nitrogens with zero attached hydrogens (tertiary/aromatic N) is 3. The molecule has 0 fully saturated rings. The number of aryl methyl sites for hydroxylation is 3. The second-order valence-corrected chi connectivity index (χ2v) is 11.5. The number of fused-ring (bicyclic) bond motifs is 5. The second kappa shape index (κ2) is 7.79. The fourth-order valence-corrected chi connectivity index (χ4v) is 6.42. The molecule has 3 aromatic heterocycles. The van der Waals surface area contributed by atoms with Crippen LogP contribution in [-0.4, -0.2) is 9.94 Å². The van der Waals surface area contributed by atoms with Crippen LogP contribution in [0.25, 0.3) is 65.0 Å². The minimum atomic E-state index is -0.443. The molecule has 3 heteroatoms. The third-order valence-electron chi connectivity index (χ3n) is 8.37. The average Bonchev–Trinajstić information content (AvgIpc) is 3.23. The SMILES string of the molecule is [C-]#[N+]C(C)(C)Cc1cc2cc[n+](C)c3c4c(C)c(C)cc5c6cc(-c7ccccc7)ccc6n(c(c1)c23)c54. The quantitative estimate of drug-likeness (QED) is 0.102. The molecule has 0 amide bonds. The Bertz CT molecular complexity index is 2100. The first kappa shape index (κ1) is 22.8. The Kier molecular flexibility index (Phi) is 4.66. The van der Waals surface area contributed by atoms with Gasteiger partial charge in [0.2, 0.25) is 11.1 Å². The van der Waals surface area contributed by atoms with E-state index in [0.29, 0.717) is 0 Å². The van der Waals surface area contributed by atoms with Crippen molar-refractivity contribution >= 4 is 49.0 Å². The van der Waals surface area contributed by atoms with Crippen molar-refractivity contribution < 1.29 is 4.57 Å². The van der Waals surface area contributed by atoms with Gasteiger partial charge in [0.25, 0.3) is 0 Å². The van der Waals surface area contributed by atoms with E-state index >= 15 is 0 Å². The molecule has 38 heavy (non-hydrogen) atoms. The van der Waals surface area contributed by atoms with E-state index in [4.69, 9.17) is 6.57 Å². The first-order valence-corrected chi connectivity index (χ1v) is 13.3. The fourth-order valence-electron chi connectivity index (χ4n) is 6.42. The molecule has 0 saturated carbocycles. The first-order chi connectivity index (χ1) is 18.3. The van der Waals surface area contributed by atoms with Gasteiger partial charge in [-0.25, -0.2) is 11.1 Å². The fraction of sp³-hybridized carbons (Fsp3) is 0.200. The third-order valence-corrected chi connectivity index (χ3v) is 8.37. The highest BCUT2D eigenvalue weighted by molar-refractivity contribution is 6.26. The standard InChI is InChI=1S/C35H30N3/c1-21-16-28-27-19-25(24-10-8-7-9-11-24)12-13-29(27)38-30-18-23(20-35(3,4)36-5)17-26-14-15-37(6)34(32(26)30)31(22(21)2)33(28)38/h7-19H,20H2,1-4,6H3/q+1. The molecule has 0 atom stereocenters. The zero-order valence-electron chi connectivity index (χ0n) is 22.6. The lowest BCUT2D eigenvalue weighted by Crippen LogP contribution is -2.29. The Balaban J connectivity index is 1.72. The van der Waals surface area contributed by atoms with Gasteiger partial charge < -0.3 is 9.25 Å². The van der Waals surface area contributed by atoms with Crippen LogP contribution in [0.2, 0.25) is 0 Å². The molecule has 0 aliphatic rings. The van der Waals surface area contributed by atoms with Gasteiger partial charge in [-0.3, -0.25) is 0 Å². The first-order valence-electron chi connectivity index (χ1n) is 13.3. The summed E-state index contributed by atoms with van der Waals surface area (Å²) in [7, 11) is 2.16. The summed E-state index contributed by atoms with van der Waals surface area (Å²) in [6.45, 7) is 16.3. The smallest absolute Gasteiger partial charge is 0.231 e. The Morgan fingerprint density at radius 3 is 2.39 bits per heavy atom. The van der Waals surface area contributed by atoms with Crippen LogP contribution < -0.4 is 4.57 Å². The minimum absolute atomic E-state index is 0.443. The van der Waals surface area contributed by atoms with Gasteiger partial charge in [0, 0.05) is 30.7 Å². The van der Waals surface area contributed by atoms with Crippen molar-refractivity contribution in [1.29, 1.82) is 0 Å². The molecule has 7 rings (SSSR count). The van der Waals surface area contributed by atoms with Crippen LogP contribution in [0.1, 0.15) is 30.5 Å². The molecule has 0 radical (unpaired) electrons. The molecule has 4 aromatic carbocycles. The van der Waals surface area contributed by atoms with Gasteiger partial charge in [-0.15, -0.1) is 0 Å². The maximum absolute atomic E-state index is 7.71. The molecular weight excluding hydrogens is 462 g/mol. The zero-order valence-corrected chi connectivity index (χ0v) is 22.6. The molecule has 0 aliphatic heterocycles. The van der Waals surface area contributed by atoms with Gasteiger partial charge in [-0.1, -0.05) is 42.5 Å². The number of aromatic nitrogens is 2. The molecule has 3 heterocycles. The molecule has 7 aromatic rings. The number of pyridine rings is 2. The largest absolute Gasteiger partial charge is 0.311 e. The summed E-state index contributed by atoms with van der Waals surface area (Å²) in [6, 6.07) is 26.8. The van der Waals surface area contributed by atoms with Crippen LogP contribution in [0.15, 0.2) is 79.0 Å². The maximum Gasteiger partial charge on any atom is 0.231 e. The van der Waals surface area contributed by atoms with E-state index in [-0.39, 0.29) is 0 Å². The Labute approximate surface area is 222 Å². The number of hydrogen-bond donors (Lipinski definition) is 0. The summed E-state index contributed by atoms with van der Waals surface area (Å²) in [5, 5.41) is 6.42. The summed E-state index contributed by atoms with van der Waals surface area (Å²) in [6.07, 6.45) is 2.90. The lowest BCUT2D eigenvalue weighted by atomic mass is 9.92. The van der Waals surface area contributed by atoms with Crippen molar-refractivity contribution in [2.45, 2.75) is 39.7 Å². The van der Waals surface area contributed by atoms with Crippen molar-refractivity contribution in [3.63, 3.8) is 0 Å². The van der Waals surface area contributed by atoms with E-state index in [1.807, 2.05) is 13.8 Å². The number of rotatable bonds is 3. The van der Waals surface area contributed by atoms with Gasteiger partial charge in [0.1, 0.15) is 7.05 Å². The summed E-state index contributed by atoms with van der Waals surface area (Å²) in [5.41, 5.74) is 10.9. The molecule has 3 nitrogen and oxygen atoms in total. The normalized spacial score (nSPS) is 12.4. The summed E-state index contributed by atoms with van der Waals surface area (Å²) in [4.78, 5) is 3.91. The van der Waals surface area contributed by atoms with Crippen molar-refractivity contribution in [3.8, 4) is 11.1 Å². The third kappa shape index (κ3) is 3.10. The molecule has 0 saturated heterocycles. The molecule has 0 bridgehead atoms. The van der Waals surface area contributed by atoms with Gasteiger partial charge >= 0.3 is 0 Å². The number of hydrogen-bond acceptors (Lipinski definition) is 0. The predicted molar refractivity (Wildman–Crippen MR) is 159 cm³/mol. The highest BCUT2D eigenvalue weighted by atomic mass is 15.0. The van der Waals surface area contributed by atoms with E-state index in [1.54, 1.807) is 0 Å². The Hall–Kier alpha value is -4.42. The highest BCUT2D eigenvalue weighted by Gasteiger charge is 2.28. The topological polar surface area (TPSA) is 12.7 Å². The van der Waals surface area contributed by atoms with Crippen molar-refractivity contribution in [2.24, 2.45) is 7.05 Å². The monoisotopic (exact) mass is 492 g/mol. The number of benzene rings is 4. The predicted octanol–water partition coefficient (Wildman–Crippen LogP) is 8.34. The van der Waals surface area contributed by atoms with Gasteiger partial charge in [-0.05, 0) is 71.3 Å². The summed E-state index contributed by atoms with van der Waals surface area (Å²) >= 11 is 0. The van der Waals surface area contributed by atoms with E-state index in [2.05, 4.69) is 114 Å². The van der Waals surface area contributed by atoms with Crippen LogP contribution in [0.5, 0.6) is 0 Å².